The molecule has 1 saturated carbocycles. The summed E-state index contributed by atoms with van der Waals surface area (Å²) in [5.74, 6) is -1.07. The number of carbonyl (C=O) groups is 2. The molecule has 1 aromatic carbocycles. The van der Waals surface area contributed by atoms with Crippen molar-refractivity contribution in [3.63, 3.8) is 0 Å². The first-order valence-electron chi connectivity index (χ1n) is 7.81. The van der Waals surface area contributed by atoms with Crippen molar-refractivity contribution in [2.24, 2.45) is 0 Å². The summed E-state index contributed by atoms with van der Waals surface area (Å²) in [6.07, 6.45) is 3.26. The first-order chi connectivity index (χ1) is 10.4. The molecule has 1 fully saturated rings. The lowest BCUT2D eigenvalue weighted by molar-refractivity contribution is -0.136. The second-order valence-electron chi connectivity index (χ2n) is 6.35. The van der Waals surface area contributed by atoms with Crippen LogP contribution in [0.4, 0.5) is 5.69 Å². The summed E-state index contributed by atoms with van der Waals surface area (Å²) in [6, 6.07) is 7.45. The van der Waals surface area contributed by atoms with Crippen LogP contribution in [0.15, 0.2) is 24.3 Å². The Morgan fingerprint density at radius 3 is 2.55 bits per heavy atom. The molecule has 0 heterocycles. The Labute approximate surface area is 131 Å². The molecular weight excluding hydrogens is 280 g/mol. The van der Waals surface area contributed by atoms with E-state index in [2.05, 4.69) is 24.5 Å². The molecule has 0 atom stereocenters. The topological polar surface area (TPSA) is 78.4 Å². The lowest BCUT2D eigenvalue weighted by Crippen LogP contribution is -2.44. The van der Waals surface area contributed by atoms with Gasteiger partial charge in [-0.25, -0.2) is 0 Å². The van der Waals surface area contributed by atoms with Crippen LogP contribution in [0.2, 0.25) is 0 Å². The third kappa shape index (κ3) is 4.31. The van der Waals surface area contributed by atoms with Crippen LogP contribution in [0.1, 0.15) is 51.0 Å². The molecule has 5 nitrogen and oxygen atoms in total. The minimum Gasteiger partial charge on any atom is -0.388 e. The second kappa shape index (κ2) is 6.92. The van der Waals surface area contributed by atoms with Crippen molar-refractivity contribution in [1.29, 1.82) is 0 Å². The highest BCUT2D eigenvalue weighted by atomic mass is 16.3. The Balaban J connectivity index is 1.88. The third-order valence-corrected chi connectivity index (χ3v) is 4.13. The van der Waals surface area contributed by atoms with Crippen molar-refractivity contribution in [2.45, 2.75) is 51.0 Å². The van der Waals surface area contributed by atoms with E-state index in [1.54, 1.807) is 6.07 Å². The van der Waals surface area contributed by atoms with Gasteiger partial charge in [0, 0.05) is 12.2 Å². The molecule has 0 aromatic heterocycles. The second-order valence-corrected chi connectivity index (χ2v) is 6.35. The molecular formula is C17H24N2O3. The van der Waals surface area contributed by atoms with Gasteiger partial charge in [0.05, 0.1) is 5.60 Å². The van der Waals surface area contributed by atoms with E-state index >= 15 is 0 Å². The van der Waals surface area contributed by atoms with Crippen LogP contribution < -0.4 is 10.6 Å². The molecule has 2 rings (SSSR count). The van der Waals surface area contributed by atoms with Crippen molar-refractivity contribution in [3.05, 3.63) is 29.8 Å². The fraction of sp³-hybridized carbons (Fsp3) is 0.529. The summed E-state index contributed by atoms with van der Waals surface area (Å²) in [6.45, 7) is 4.26. The predicted molar refractivity (Wildman–Crippen MR) is 85.6 cm³/mol. The number of nitrogens with one attached hydrogen (secondary N) is 2. The molecule has 0 radical (unpaired) electrons. The average molecular weight is 304 g/mol. The van der Waals surface area contributed by atoms with E-state index in [0.29, 0.717) is 24.4 Å². The molecule has 3 N–H and O–H groups in total. The fourth-order valence-electron chi connectivity index (χ4n) is 2.70. The molecule has 0 bridgehead atoms. The van der Waals surface area contributed by atoms with E-state index in [1.807, 2.05) is 18.2 Å². The maximum absolute atomic E-state index is 11.9. The van der Waals surface area contributed by atoms with E-state index in [9.17, 15) is 14.7 Å². The molecule has 2 amide bonds. The summed E-state index contributed by atoms with van der Waals surface area (Å²) < 4.78 is 0. The van der Waals surface area contributed by atoms with Gasteiger partial charge in [-0.15, -0.1) is 0 Å². The lowest BCUT2D eigenvalue weighted by Gasteiger charge is -2.22. The number of aliphatic hydroxyl groups is 1. The Bertz CT molecular complexity index is 549. The smallest absolute Gasteiger partial charge is 0.313 e. The Morgan fingerprint density at radius 1 is 1.23 bits per heavy atom. The maximum atomic E-state index is 11.9. The lowest BCUT2D eigenvalue weighted by atomic mass is 10.0. The van der Waals surface area contributed by atoms with E-state index in [1.165, 1.54) is 0 Å². The number of hydrogen-bond acceptors (Lipinski definition) is 3. The van der Waals surface area contributed by atoms with Crippen LogP contribution >= 0.6 is 0 Å². The van der Waals surface area contributed by atoms with Gasteiger partial charge in [0.15, 0.2) is 0 Å². The quantitative estimate of drug-likeness (QED) is 0.746. The summed E-state index contributed by atoms with van der Waals surface area (Å²) in [7, 11) is 0. The van der Waals surface area contributed by atoms with E-state index < -0.39 is 17.4 Å². The molecule has 5 heteroatoms. The molecule has 1 aliphatic rings. The highest BCUT2D eigenvalue weighted by molar-refractivity contribution is 6.39. The SMILES string of the molecule is CC(C)c1cccc(NC(=O)C(=O)NCC2(O)CCCC2)c1. The van der Waals surface area contributed by atoms with Crippen LogP contribution in [0.3, 0.4) is 0 Å². The molecule has 0 aliphatic heterocycles. The monoisotopic (exact) mass is 304 g/mol. The summed E-state index contributed by atoms with van der Waals surface area (Å²) in [5.41, 5.74) is 0.845. The Hall–Kier alpha value is -1.88. The van der Waals surface area contributed by atoms with Gasteiger partial charge in [-0.3, -0.25) is 9.59 Å². The van der Waals surface area contributed by atoms with Crippen molar-refractivity contribution in [2.75, 3.05) is 11.9 Å². The number of amides is 2. The standard InChI is InChI=1S/C17H24N2O3/c1-12(2)13-6-5-7-14(10-13)19-16(21)15(20)18-11-17(22)8-3-4-9-17/h5-7,10,12,22H,3-4,8-9,11H2,1-2H3,(H,18,20)(H,19,21). The Kier molecular flexibility index (Phi) is 5.19. The van der Waals surface area contributed by atoms with Crippen molar-refractivity contribution >= 4 is 17.5 Å². The average Bonchev–Trinajstić information content (AvgIpc) is 2.92. The van der Waals surface area contributed by atoms with E-state index in [0.717, 1.165) is 18.4 Å². The van der Waals surface area contributed by atoms with Gasteiger partial charge in [-0.1, -0.05) is 38.8 Å². The van der Waals surface area contributed by atoms with Crippen LogP contribution in [0.5, 0.6) is 0 Å². The van der Waals surface area contributed by atoms with Crippen LogP contribution in [-0.4, -0.2) is 29.1 Å². The number of benzene rings is 1. The van der Waals surface area contributed by atoms with Gasteiger partial charge in [0.1, 0.15) is 0 Å². The number of anilines is 1. The zero-order valence-electron chi connectivity index (χ0n) is 13.2. The minimum atomic E-state index is -0.854. The largest absolute Gasteiger partial charge is 0.388 e. The molecule has 0 unspecified atom stereocenters. The van der Waals surface area contributed by atoms with Crippen LogP contribution in [-0.2, 0) is 9.59 Å². The first kappa shape index (κ1) is 16.5. The van der Waals surface area contributed by atoms with Crippen molar-refractivity contribution < 1.29 is 14.7 Å². The molecule has 22 heavy (non-hydrogen) atoms. The highest BCUT2D eigenvalue weighted by Crippen LogP contribution is 2.28. The highest BCUT2D eigenvalue weighted by Gasteiger charge is 2.32. The normalized spacial score (nSPS) is 16.5. The number of carbonyl (C=O) groups excluding carboxylic acids is 2. The van der Waals surface area contributed by atoms with Gasteiger partial charge in [0.25, 0.3) is 0 Å². The van der Waals surface area contributed by atoms with Gasteiger partial charge in [-0.2, -0.15) is 0 Å². The first-order valence-corrected chi connectivity index (χ1v) is 7.81. The number of rotatable bonds is 4. The van der Waals surface area contributed by atoms with Gasteiger partial charge in [0.2, 0.25) is 0 Å². The number of hydrogen-bond donors (Lipinski definition) is 3. The van der Waals surface area contributed by atoms with Crippen molar-refractivity contribution in [3.8, 4) is 0 Å². The molecule has 0 saturated heterocycles. The van der Waals surface area contributed by atoms with Gasteiger partial charge >= 0.3 is 11.8 Å². The summed E-state index contributed by atoms with van der Waals surface area (Å²) in [5, 5.41) is 15.3. The minimum absolute atomic E-state index is 0.130. The molecule has 1 aromatic rings. The van der Waals surface area contributed by atoms with Crippen molar-refractivity contribution in [1.82, 2.24) is 5.32 Å². The zero-order chi connectivity index (χ0) is 16.2. The van der Waals surface area contributed by atoms with Gasteiger partial charge in [-0.05, 0) is 36.5 Å². The summed E-state index contributed by atoms with van der Waals surface area (Å²) >= 11 is 0. The summed E-state index contributed by atoms with van der Waals surface area (Å²) in [4.78, 5) is 23.7. The third-order valence-electron chi connectivity index (χ3n) is 4.13. The fourth-order valence-corrected chi connectivity index (χ4v) is 2.70. The predicted octanol–water partition coefficient (Wildman–Crippen LogP) is 2.17. The van der Waals surface area contributed by atoms with Gasteiger partial charge < -0.3 is 15.7 Å². The Morgan fingerprint density at radius 2 is 1.91 bits per heavy atom. The molecule has 0 spiro atoms. The maximum Gasteiger partial charge on any atom is 0.313 e. The van der Waals surface area contributed by atoms with E-state index in [-0.39, 0.29) is 6.54 Å². The van der Waals surface area contributed by atoms with E-state index in [4.69, 9.17) is 0 Å². The van der Waals surface area contributed by atoms with Crippen LogP contribution in [0.25, 0.3) is 0 Å². The zero-order valence-corrected chi connectivity index (χ0v) is 13.2. The van der Waals surface area contributed by atoms with Crippen LogP contribution in [0, 0.1) is 0 Å². The molecule has 1 aliphatic carbocycles. The molecule has 120 valence electrons.